The van der Waals surface area contributed by atoms with Gasteiger partial charge in [-0.2, -0.15) is 0 Å². The van der Waals surface area contributed by atoms with Gasteiger partial charge in [-0.1, -0.05) is 0 Å². The second kappa shape index (κ2) is 9.92. The van der Waals surface area contributed by atoms with Crippen molar-refractivity contribution < 1.29 is 28.9 Å². The van der Waals surface area contributed by atoms with Gasteiger partial charge < -0.3 is 0 Å². The van der Waals surface area contributed by atoms with Crippen LogP contribution in [0.2, 0.25) is 0 Å². The SMILES string of the molecule is [O-][Cl+3]([O-])([O-])[O-].c1ccc(-c2cc(-c3ccccc3)[se+]c(-c3ccccc3)c2)cc1. The Hall–Kier alpha value is -2.34. The molecule has 6 heteroatoms. The van der Waals surface area contributed by atoms with Gasteiger partial charge in [0.15, 0.2) is 0 Å². The molecule has 3 aromatic carbocycles. The van der Waals surface area contributed by atoms with Crippen LogP contribution in [0.1, 0.15) is 0 Å². The molecule has 4 rings (SSSR count). The summed E-state index contributed by atoms with van der Waals surface area (Å²) in [6, 6.07) is 36.9. The molecule has 29 heavy (non-hydrogen) atoms. The van der Waals surface area contributed by atoms with Crippen LogP contribution < -0.4 is 18.6 Å². The van der Waals surface area contributed by atoms with Gasteiger partial charge in [0.2, 0.25) is 0 Å². The molecule has 0 saturated carbocycles. The van der Waals surface area contributed by atoms with Crippen molar-refractivity contribution >= 4 is 14.5 Å². The average Bonchev–Trinajstić information content (AvgIpc) is 2.74. The van der Waals surface area contributed by atoms with E-state index in [1.165, 1.54) is 31.1 Å². The van der Waals surface area contributed by atoms with E-state index in [1.807, 2.05) is 0 Å². The van der Waals surface area contributed by atoms with Gasteiger partial charge in [-0.05, 0) is 0 Å². The molecule has 1 heterocycles. The van der Waals surface area contributed by atoms with Crippen molar-refractivity contribution in [2.75, 3.05) is 0 Å². The fraction of sp³-hybridized carbons (Fsp3) is 0. The van der Waals surface area contributed by atoms with Crippen LogP contribution >= 0.6 is 0 Å². The minimum atomic E-state index is -4.94. The maximum atomic E-state index is 8.49. The second-order valence-electron chi connectivity index (χ2n) is 6.05. The van der Waals surface area contributed by atoms with Crippen molar-refractivity contribution in [3.05, 3.63) is 103 Å². The Morgan fingerprint density at radius 1 is 0.448 bits per heavy atom. The summed E-state index contributed by atoms with van der Waals surface area (Å²) in [5.41, 5.74) is 5.22. The van der Waals surface area contributed by atoms with E-state index in [4.69, 9.17) is 18.6 Å². The molecule has 0 aliphatic heterocycles. The Morgan fingerprint density at radius 3 is 1.10 bits per heavy atom. The monoisotopic (exact) mass is 472 g/mol. The maximum absolute atomic E-state index is 8.49. The predicted octanol–water partition coefficient (Wildman–Crippen LogP) is 1.27. The summed E-state index contributed by atoms with van der Waals surface area (Å²) in [4.78, 5) is 0. The fourth-order valence-corrected chi connectivity index (χ4v) is 5.13. The van der Waals surface area contributed by atoms with Crippen molar-refractivity contribution in [2.45, 2.75) is 0 Å². The molecule has 0 aliphatic rings. The molecule has 0 unspecified atom stereocenters. The van der Waals surface area contributed by atoms with Crippen molar-refractivity contribution in [3.63, 3.8) is 0 Å². The van der Waals surface area contributed by atoms with Crippen LogP contribution in [0.3, 0.4) is 0 Å². The van der Waals surface area contributed by atoms with Gasteiger partial charge in [0, 0.05) is 0 Å². The van der Waals surface area contributed by atoms with Gasteiger partial charge in [0.05, 0.1) is 0 Å². The molecule has 0 spiro atoms. The average molecular weight is 472 g/mol. The third-order valence-corrected chi connectivity index (χ3v) is 6.42. The van der Waals surface area contributed by atoms with Crippen LogP contribution in [0.15, 0.2) is 103 Å². The molecule has 0 radical (unpaired) electrons. The second-order valence-corrected chi connectivity index (χ2v) is 9.08. The molecule has 146 valence electrons. The Morgan fingerprint density at radius 2 is 0.759 bits per heavy atom. The Kier molecular flexibility index (Phi) is 7.31. The Labute approximate surface area is 177 Å². The standard InChI is InChI=1S/C23H17Se.ClHO4/c1-4-10-18(11-5-1)21-16-22(19-12-6-2-7-13-19)24-23(17-21)20-14-8-3-9-15-20;2-1(3,4)5/h1-17H;(H,2,3,4,5)/q+1;/p-1. The number of benzene rings is 3. The topological polar surface area (TPSA) is 92.2 Å². The predicted molar refractivity (Wildman–Crippen MR) is 104 cm³/mol. The first-order valence-corrected chi connectivity index (χ1v) is 11.6. The van der Waals surface area contributed by atoms with E-state index < -0.39 is 10.2 Å². The fourth-order valence-electron chi connectivity index (χ4n) is 2.79. The van der Waals surface area contributed by atoms with Crippen LogP contribution in [-0.4, -0.2) is 14.5 Å². The molecule has 1 aromatic heterocycles. The van der Waals surface area contributed by atoms with E-state index >= 15 is 0 Å². The number of hydrogen-bond donors (Lipinski definition) is 0. The molecule has 0 saturated heterocycles. The molecule has 0 fully saturated rings. The zero-order valence-corrected chi connectivity index (χ0v) is 17.7. The van der Waals surface area contributed by atoms with E-state index in [0.29, 0.717) is 14.5 Å². The normalized spacial score (nSPS) is 10.8. The first-order valence-electron chi connectivity index (χ1n) is 8.66. The minimum absolute atomic E-state index is 0.307. The summed E-state index contributed by atoms with van der Waals surface area (Å²) in [5, 5.41) is 0. The van der Waals surface area contributed by atoms with Crippen LogP contribution in [0.5, 0.6) is 0 Å². The molecule has 4 nitrogen and oxygen atoms in total. The van der Waals surface area contributed by atoms with E-state index in [0.717, 1.165) is 0 Å². The zero-order valence-electron chi connectivity index (χ0n) is 15.2. The van der Waals surface area contributed by atoms with Gasteiger partial charge in [-0.15, -0.1) is 10.2 Å². The summed E-state index contributed by atoms with van der Waals surface area (Å²) < 4.78 is 36.8. The van der Waals surface area contributed by atoms with Gasteiger partial charge in [0.25, 0.3) is 0 Å². The third kappa shape index (κ3) is 6.89. The van der Waals surface area contributed by atoms with Gasteiger partial charge in [-0.25, -0.2) is 18.6 Å². The summed E-state index contributed by atoms with van der Waals surface area (Å²) in [6.45, 7) is 0. The van der Waals surface area contributed by atoms with Gasteiger partial charge >= 0.3 is 149 Å². The number of hydrogen-bond acceptors (Lipinski definition) is 4. The summed E-state index contributed by atoms with van der Waals surface area (Å²) >= 11 is 0.307. The van der Waals surface area contributed by atoms with E-state index in [2.05, 4.69) is 103 Å². The molecule has 0 bridgehead atoms. The number of halogens is 1. The third-order valence-electron chi connectivity index (χ3n) is 4.02. The van der Waals surface area contributed by atoms with Crippen molar-refractivity contribution in [1.29, 1.82) is 0 Å². The molecule has 0 amide bonds. The summed E-state index contributed by atoms with van der Waals surface area (Å²) in [5.74, 6) is 0. The van der Waals surface area contributed by atoms with Crippen LogP contribution in [-0.2, 0) is 0 Å². The Bertz CT molecular complexity index is 891. The first kappa shape index (κ1) is 21.4. The van der Waals surface area contributed by atoms with Gasteiger partial charge in [-0.3, -0.25) is 0 Å². The molecular formula is C23H17ClO4Se. The molecule has 0 N–H and O–H groups in total. The molecular weight excluding hydrogens is 455 g/mol. The molecule has 0 atom stereocenters. The van der Waals surface area contributed by atoms with Crippen LogP contribution in [0.25, 0.3) is 31.1 Å². The van der Waals surface area contributed by atoms with E-state index in [9.17, 15) is 0 Å². The first-order chi connectivity index (χ1) is 13.9. The van der Waals surface area contributed by atoms with Crippen molar-refractivity contribution in [3.8, 4) is 31.1 Å². The molecule has 0 aliphatic carbocycles. The van der Waals surface area contributed by atoms with Crippen LogP contribution in [0.4, 0.5) is 0 Å². The van der Waals surface area contributed by atoms with Crippen molar-refractivity contribution in [1.82, 2.24) is 0 Å². The molecule has 4 aromatic rings. The Balaban J connectivity index is 0.000000431. The van der Waals surface area contributed by atoms with Crippen LogP contribution in [0, 0.1) is 10.2 Å². The van der Waals surface area contributed by atoms with Crippen molar-refractivity contribution in [2.24, 2.45) is 0 Å². The summed E-state index contributed by atoms with van der Waals surface area (Å²) in [6.07, 6.45) is 0. The van der Waals surface area contributed by atoms with E-state index in [1.54, 1.807) is 0 Å². The van der Waals surface area contributed by atoms with Gasteiger partial charge in [0.1, 0.15) is 0 Å². The quantitative estimate of drug-likeness (QED) is 0.421. The number of rotatable bonds is 3. The zero-order chi connectivity index (χ0) is 20.7. The summed E-state index contributed by atoms with van der Waals surface area (Å²) in [7, 11) is -4.94. The van der Waals surface area contributed by atoms with E-state index in [-0.39, 0.29) is 0 Å².